The Morgan fingerprint density at radius 2 is 1.84 bits per heavy atom. The van der Waals surface area contributed by atoms with Crippen molar-refractivity contribution >= 4 is 22.9 Å². The molecule has 0 saturated heterocycles. The van der Waals surface area contributed by atoms with Crippen molar-refractivity contribution in [3.8, 4) is 22.8 Å². The third-order valence-electron chi connectivity index (χ3n) is 5.39. The van der Waals surface area contributed by atoms with Crippen LogP contribution in [0.25, 0.3) is 28.2 Å². The first-order valence-corrected chi connectivity index (χ1v) is 10.7. The van der Waals surface area contributed by atoms with E-state index in [0.717, 1.165) is 39.8 Å². The van der Waals surface area contributed by atoms with Gasteiger partial charge in [-0.15, -0.1) is 0 Å². The minimum atomic E-state index is -0.338. The summed E-state index contributed by atoms with van der Waals surface area (Å²) in [5.74, 6) is 0.849. The van der Waals surface area contributed by atoms with Crippen LogP contribution in [0.15, 0.2) is 42.0 Å². The number of aromatic nitrogens is 1. The Morgan fingerprint density at radius 3 is 2.44 bits per heavy atom. The molecule has 6 heteroatoms. The number of fused-ring (bicyclic) bond motifs is 1. The summed E-state index contributed by atoms with van der Waals surface area (Å²) >= 11 is 0. The second kappa shape index (κ2) is 10.4. The number of nitrogens with zero attached hydrogens (tertiary/aromatic N) is 1. The number of carbonyl (C=O) groups is 1. The molecule has 1 aromatic heterocycles. The highest BCUT2D eigenvalue weighted by molar-refractivity contribution is 6.04. The molecule has 0 saturated carbocycles. The molecular weight excluding hydrogens is 406 g/mol. The first kappa shape index (κ1) is 23.4. The summed E-state index contributed by atoms with van der Waals surface area (Å²) in [6.45, 7) is 8.91. The van der Waals surface area contributed by atoms with Crippen molar-refractivity contribution in [2.75, 3.05) is 27.6 Å². The van der Waals surface area contributed by atoms with E-state index >= 15 is 0 Å². The highest BCUT2D eigenvalue weighted by Crippen LogP contribution is 2.45. The highest BCUT2D eigenvalue weighted by atomic mass is 16.7. The maximum Gasteiger partial charge on any atom is 0.333 e. The Balaban J connectivity index is 2.42. The number of ether oxygens (including phenoxy) is 4. The highest BCUT2D eigenvalue weighted by Gasteiger charge is 2.24. The normalized spacial score (nSPS) is 11.6. The van der Waals surface area contributed by atoms with Gasteiger partial charge in [0.15, 0.2) is 18.3 Å². The van der Waals surface area contributed by atoms with Crippen molar-refractivity contribution < 1.29 is 23.7 Å². The number of hydrogen-bond acceptors (Lipinski definition) is 5. The predicted octanol–water partition coefficient (Wildman–Crippen LogP) is 5.59. The van der Waals surface area contributed by atoms with Gasteiger partial charge < -0.3 is 23.5 Å². The number of methoxy groups -OCH3 is 2. The Morgan fingerprint density at radius 1 is 1.12 bits per heavy atom. The molecule has 3 aromatic rings. The zero-order valence-electron chi connectivity index (χ0n) is 19.7. The van der Waals surface area contributed by atoms with Crippen LogP contribution in [0.3, 0.4) is 0 Å². The summed E-state index contributed by atoms with van der Waals surface area (Å²) in [6.07, 6.45) is 1.85. The molecule has 0 unspecified atom stereocenters. The fourth-order valence-corrected chi connectivity index (χ4v) is 4.07. The summed E-state index contributed by atoms with van der Waals surface area (Å²) in [6, 6.07) is 12.2. The molecule has 6 nitrogen and oxygen atoms in total. The van der Waals surface area contributed by atoms with Crippen molar-refractivity contribution in [3.63, 3.8) is 0 Å². The number of carbonyl (C=O) groups excluding carboxylic acids is 1. The number of benzene rings is 2. The van der Waals surface area contributed by atoms with Crippen LogP contribution in [0.1, 0.15) is 31.9 Å². The van der Waals surface area contributed by atoms with Crippen LogP contribution in [0, 0.1) is 6.92 Å². The van der Waals surface area contributed by atoms with Crippen LogP contribution < -0.4 is 9.47 Å². The van der Waals surface area contributed by atoms with Crippen molar-refractivity contribution in [3.05, 3.63) is 53.1 Å². The first-order chi connectivity index (χ1) is 15.5. The van der Waals surface area contributed by atoms with Gasteiger partial charge in [0.2, 0.25) is 0 Å². The standard InChI is InChI=1S/C26H31NO5/c1-7-27-23(19-12-10-9-11-13-19)18(4)22-20(14-17(3)26(28)31-8-2)15-21(30-6)25(24(22)27)32-16-29-5/h9-15H,7-8,16H2,1-6H3/b17-14+. The third-order valence-corrected chi connectivity index (χ3v) is 5.39. The number of hydrogen-bond donors (Lipinski definition) is 0. The van der Waals surface area contributed by atoms with Gasteiger partial charge in [0.05, 0.1) is 24.9 Å². The van der Waals surface area contributed by atoms with Crippen LogP contribution in [0.2, 0.25) is 0 Å². The van der Waals surface area contributed by atoms with Crippen LogP contribution >= 0.6 is 0 Å². The number of esters is 1. The van der Waals surface area contributed by atoms with Crippen molar-refractivity contribution in [1.29, 1.82) is 0 Å². The van der Waals surface area contributed by atoms with Crippen LogP contribution in [0.5, 0.6) is 11.5 Å². The zero-order valence-corrected chi connectivity index (χ0v) is 19.7. The molecule has 0 N–H and O–H groups in total. The van der Waals surface area contributed by atoms with E-state index in [4.69, 9.17) is 18.9 Å². The van der Waals surface area contributed by atoms with Crippen LogP contribution in [0.4, 0.5) is 0 Å². The van der Waals surface area contributed by atoms with E-state index in [0.29, 0.717) is 23.7 Å². The summed E-state index contributed by atoms with van der Waals surface area (Å²) in [4.78, 5) is 12.3. The SMILES string of the molecule is CCOC(=O)/C(C)=C/c1cc(OC)c(OCOC)c2c1c(C)c(-c1ccccc1)n2CC. The minimum absolute atomic E-state index is 0.0944. The molecule has 0 spiro atoms. The van der Waals surface area contributed by atoms with Crippen molar-refractivity contribution in [2.45, 2.75) is 34.2 Å². The lowest BCUT2D eigenvalue weighted by Crippen LogP contribution is -2.06. The van der Waals surface area contributed by atoms with Gasteiger partial charge in [0, 0.05) is 24.6 Å². The van der Waals surface area contributed by atoms with Crippen LogP contribution in [-0.4, -0.2) is 38.2 Å². The Hall–Kier alpha value is -3.25. The minimum Gasteiger partial charge on any atom is -0.493 e. The summed E-state index contributed by atoms with van der Waals surface area (Å²) in [5, 5.41) is 1.00. The van der Waals surface area contributed by atoms with Crippen molar-refractivity contribution in [1.82, 2.24) is 4.57 Å². The quantitative estimate of drug-likeness (QED) is 0.248. The Labute approximate surface area is 189 Å². The second-order valence-corrected chi connectivity index (χ2v) is 7.40. The van der Waals surface area contributed by atoms with Gasteiger partial charge in [-0.1, -0.05) is 30.3 Å². The van der Waals surface area contributed by atoms with E-state index < -0.39 is 0 Å². The monoisotopic (exact) mass is 437 g/mol. The van der Waals surface area contributed by atoms with Gasteiger partial charge in [-0.2, -0.15) is 0 Å². The number of aryl methyl sites for hydroxylation is 2. The van der Waals surface area contributed by atoms with Gasteiger partial charge in [-0.3, -0.25) is 0 Å². The first-order valence-electron chi connectivity index (χ1n) is 10.7. The Bertz CT molecular complexity index is 1130. The van der Waals surface area contributed by atoms with E-state index in [9.17, 15) is 4.79 Å². The predicted molar refractivity (Wildman–Crippen MR) is 127 cm³/mol. The molecular formula is C26H31NO5. The topological polar surface area (TPSA) is 58.9 Å². The molecule has 3 rings (SSSR count). The molecule has 2 aromatic carbocycles. The molecule has 0 aliphatic rings. The van der Waals surface area contributed by atoms with Gasteiger partial charge >= 0.3 is 5.97 Å². The zero-order chi connectivity index (χ0) is 23.3. The number of rotatable bonds is 9. The molecule has 0 bridgehead atoms. The lowest BCUT2D eigenvalue weighted by atomic mass is 10.0. The maximum atomic E-state index is 12.3. The summed E-state index contributed by atoms with van der Waals surface area (Å²) in [7, 11) is 3.19. The van der Waals surface area contributed by atoms with Gasteiger partial charge in [-0.05, 0) is 56.5 Å². The molecule has 0 aliphatic carbocycles. The summed E-state index contributed by atoms with van der Waals surface area (Å²) < 4.78 is 24.3. The van der Waals surface area contributed by atoms with E-state index in [1.165, 1.54) is 0 Å². The molecule has 0 fully saturated rings. The molecule has 0 aliphatic heterocycles. The Kier molecular flexibility index (Phi) is 7.59. The van der Waals surface area contributed by atoms with E-state index in [1.54, 1.807) is 28.1 Å². The molecule has 1 heterocycles. The maximum absolute atomic E-state index is 12.3. The third kappa shape index (κ3) is 4.36. The van der Waals surface area contributed by atoms with Gasteiger partial charge in [0.25, 0.3) is 0 Å². The summed E-state index contributed by atoms with van der Waals surface area (Å²) in [5.41, 5.74) is 5.60. The molecule has 170 valence electrons. The molecule has 0 amide bonds. The van der Waals surface area contributed by atoms with Gasteiger partial charge in [-0.25, -0.2) is 4.79 Å². The van der Waals surface area contributed by atoms with E-state index in [2.05, 4.69) is 30.5 Å². The van der Waals surface area contributed by atoms with E-state index in [1.807, 2.05) is 30.3 Å². The fraction of sp³-hybridized carbons (Fsp3) is 0.346. The fourth-order valence-electron chi connectivity index (χ4n) is 4.07. The van der Waals surface area contributed by atoms with Crippen LogP contribution in [-0.2, 0) is 20.8 Å². The van der Waals surface area contributed by atoms with Gasteiger partial charge in [0.1, 0.15) is 0 Å². The largest absolute Gasteiger partial charge is 0.493 e. The smallest absolute Gasteiger partial charge is 0.333 e. The lowest BCUT2D eigenvalue weighted by molar-refractivity contribution is -0.138. The molecule has 0 radical (unpaired) electrons. The lowest BCUT2D eigenvalue weighted by Gasteiger charge is -2.16. The van der Waals surface area contributed by atoms with E-state index in [-0.39, 0.29) is 12.8 Å². The average Bonchev–Trinajstić information content (AvgIpc) is 3.11. The average molecular weight is 438 g/mol. The van der Waals surface area contributed by atoms with Crippen molar-refractivity contribution in [2.24, 2.45) is 0 Å². The molecule has 0 atom stereocenters. The second-order valence-electron chi connectivity index (χ2n) is 7.40. The molecule has 32 heavy (non-hydrogen) atoms.